The van der Waals surface area contributed by atoms with Crippen LogP contribution in [-0.2, 0) is 4.79 Å². The summed E-state index contributed by atoms with van der Waals surface area (Å²) >= 11 is 0. The number of aliphatic imine (C=N–C) groups is 1. The van der Waals surface area contributed by atoms with E-state index in [2.05, 4.69) is 18.8 Å². The second kappa shape index (κ2) is 9.78. The summed E-state index contributed by atoms with van der Waals surface area (Å²) in [5, 5.41) is 19.5. The molecule has 0 aliphatic carbocycles. The average molecular weight is 309 g/mol. The van der Waals surface area contributed by atoms with Crippen LogP contribution in [0.3, 0.4) is 0 Å². The SMILES string of the molecule is CCCCC(CC)C(O)C1(CCCCCC(=O)O)C=CC=N1. The van der Waals surface area contributed by atoms with E-state index in [1.54, 1.807) is 6.21 Å². The van der Waals surface area contributed by atoms with E-state index in [4.69, 9.17) is 5.11 Å². The van der Waals surface area contributed by atoms with Crippen molar-refractivity contribution in [2.24, 2.45) is 10.9 Å². The van der Waals surface area contributed by atoms with Crippen molar-refractivity contribution in [3.63, 3.8) is 0 Å². The number of allylic oxidation sites excluding steroid dienone is 1. The zero-order chi connectivity index (χ0) is 16.4. The van der Waals surface area contributed by atoms with Crippen LogP contribution >= 0.6 is 0 Å². The van der Waals surface area contributed by atoms with Gasteiger partial charge >= 0.3 is 5.97 Å². The summed E-state index contributed by atoms with van der Waals surface area (Å²) in [6.07, 6.45) is 13.1. The standard InChI is InChI=1S/C18H31NO3/c1-3-5-10-15(4-2)17(22)18(13-9-14-19-18)12-8-6-7-11-16(20)21/h9,13-15,17,22H,3-8,10-12H2,1-2H3,(H,20,21). The van der Waals surface area contributed by atoms with Gasteiger partial charge in [-0.25, -0.2) is 0 Å². The Bertz CT molecular complexity index is 378. The number of hydrogen-bond donors (Lipinski definition) is 2. The topological polar surface area (TPSA) is 69.9 Å². The number of aliphatic carboxylic acids is 1. The third-order valence-electron chi connectivity index (χ3n) is 4.67. The Labute approximate surface area is 134 Å². The zero-order valence-corrected chi connectivity index (χ0v) is 14.0. The molecule has 0 aromatic carbocycles. The number of nitrogens with zero attached hydrogens (tertiary/aromatic N) is 1. The molecule has 0 fully saturated rings. The van der Waals surface area contributed by atoms with Crippen LogP contribution in [0.4, 0.5) is 0 Å². The number of carboxylic acid groups (broad SMARTS) is 1. The van der Waals surface area contributed by atoms with E-state index < -0.39 is 17.6 Å². The van der Waals surface area contributed by atoms with Gasteiger partial charge in [-0.2, -0.15) is 0 Å². The highest BCUT2D eigenvalue weighted by molar-refractivity contribution is 5.75. The van der Waals surface area contributed by atoms with Crippen molar-refractivity contribution in [1.29, 1.82) is 0 Å². The molecule has 126 valence electrons. The lowest BCUT2D eigenvalue weighted by Crippen LogP contribution is -2.42. The maximum atomic E-state index is 10.9. The third-order valence-corrected chi connectivity index (χ3v) is 4.67. The lowest BCUT2D eigenvalue weighted by atomic mass is 9.78. The van der Waals surface area contributed by atoms with Gasteiger partial charge in [0, 0.05) is 12.6 Å². The fourth-order valence-electron chi connectivity index (χ4n) is 3.23. The van der Waals surface area contributed by atoms with Crippen LogP contribution in [0.5, 0.6) is 0 Å². The van der Waals surface area contributed by atoms with Gasteiger partial charge in [0.15, 0.2) is 0 Å². The largest absolute Gasteiger partial charge is 0.481 e. The monoisotopic (exact) mass is 309 g/mol. The number of carboxylic acids is 1. The summed E-state index contributed by atoms with van der Waals surface area (Å²) in [6.45, 7) is 4.30. The Hall–Kier alpha value is -1.16. The Kier molecular flexibility index (Phi) is 8.39. The van der Waals surface area contributed by atoms with Crippen LogP contribution in [-0.4, -0.2) is 34.0 Å². The summed E-state index contributed by atoms with van der Waals surface area (Å²) in [4.78, 5) is 15.1. The van der Waals surface area contributed by atoms with Crippen LogP contribution in [0.15, 0.2) is 17.1 Å². The molecule has 3 atom stereocenters. The lowest BCUT2D eigenvalue weighted by molar-refractivity contribution is -0.137. The van der Waals surface area contributed by atoms with Crippen molar-refractivity contribution in [1.82, 2.24) is 0 Å². The third kappa shape index (κ3) is 5.56. The number of unbranched alkanes of at least 4 members (excludes halogenated alkanes) is 3. The molecule has 4 heteroatoms. The van der Waals surface area contributed by atoms with Gasteiger partial charge in [-0.3, -0.25) is 9.79 Å². The molecule has 1 aliphatic rings. The van der Waals surface area contributed by atoms with Crippen molar-refractivity contribution in [2.45, 2.75) is 83.3 Å². The van der Waals surface area contributed by atoms with Crippen LogP contribution < -0.4 is 0 Å². The normalized spacial score (nSPS) is 22.9. The van der Waals surface area contributed by atoms with E-state index in [9.17, 15) is 9.90 Å². The summed E-state index contributed by atoms with van der Waals surface area (Å²) in [7, 11) is 0. The molecule has 0 radical (unpaired) electrons. The molecule has 0 amide bonds. The molecule has 2 N–H and O–H groups in total. The summed E-state index contributed by atoms with van der Waals surface area (Å²) < 4.78 is 0. The highest BCUT2D eigenvalue weighted by Gasteiger charge is 2.39. The van der Waals surface area contributed by atoms with E-state index in [0.29, 0.717) is 6.42 Å². The fraction of sp³-hybridized carbons (Fsp3) is 0.778. The zero-order valence-electron chi connectivity index (χ0n) is 14.0. The number of rotatable bonds is 12. The Morgan fingerprint density at radius 2 is 2.00 bits per heavy atom. The number of carbonyl (C=O) groups is 1. The van der Waals surface area contributed by atoms with Gasteiger partial charge in [0.2, 0.25) is 0 Å². The highest BCUT2D eigenvalue weighted by Crippen LogP contribution is 2.35. The number of aliphatic hydroxyl groups excluding tert-OH is 1. The molecule has 3 unspecified atom stereocenters. The van der Waals surface area contributed by atoms with Crippen molar-refractivity contribution >= 4 is 12.2 Å². The van der Waals surface area contributed by atoms with E-state index in [1.807, 2.05) is 12.2 Å². The summed E-state index contributed by atoms with van der Waals surface area (Å²) in [5.41, 5.74) is -0.488. The minimum Gasteiger partial charge on any atom is -0.481 e. The van der Waals surface area contributed by atoms with Gasteiger partial charge < -0.3 is 10.2 Å². The van der Waals surface area contributed by atoms with E-state index in [1.165, 1.54) is 0 Å². The minimum absolute atomic E-state index is 0.225. The van der Waals surface area contributed by atoms with Crippen LogP contribution in [0, 0.1) is 5.92 Å². The Morgan fingerprint density at radius 3 is 2.55 bits per heavy atom. The fourth-order valence-corrected chi connectivity index (χ4v) is 3.23. The predicted molar refractivity (Wildman–Crippen MR) is 90.4 cm³/mol. The molecule has 0 saturated carbocycles. The maximum absolute atomic E-state index is 10.9. The first-order valence-corrected chi connectivity index (χ1v) is 8.68. The second-order valence-corrected chi connectivity index (χ2v) is 6.34. The van der Waals surface area contributed by atoms with Crippen molar-refractivity contribution < 1.29 is 15.0 Å². The van der Waals surface area contributed by atoms with Gasteiger partial charge in [-0.1, -0.05) is 52.0 Å². The van der Waals surface area contributed by atoms with Gasteiger partial charge in [0.1, 0.15) is 5.54 Å². The maximum Gasteiger partial charge on any atom is 0.303 e. The van der Waals surface area contributed by atoms with Crippen LogP contribution in [0.25, 0.3) is 0 Å². The molecule has 0 bridgehead atoms. The lowest BCUT2D eigenvalue weighted by Gasteiger charge is -2.35. The molecule has 1 heterocycles. The quantitative estimate of drug-likeness (QED) is 0.536. The van der Waals surface area contributed by atoms with Crippen molar-refractivity contribution in [2.75, 3.05) is 0 Å². The molecule has 0 aromatic rings. The molecule has 0 aromatic heterocycles. The second-order valence-electron chi connectivity index (χ2n) is 6.34. The summed E-state index contributed by atoms with van der Waals surface area (Å²) in [6, 6.07) is 0. The molecular weight excluding hydrogens is 278 g/mol. The summed E-state index contributed by atoms with van der Waals surface area (Å²) in [5.74, 6) is -0.460. The van der Waals surface area contributed by atoms with Crippen molar-refractivity contribution in [3.8, 4) is 0 Å². The van der Waals surface area contributed by atoms with Gasteiger partial charge in [0.25, 0.3) is 0 Å². The minimum atomic E-state index is -0.737. The van der Waals surface area contributed by atoms with Gasteiger partial charge in [-0.05, 0) is 31.3 Å². The molecule has 0 spiro atoms. The van der Waals surface area contributed by atoms with E-state index in [-0.39, 0.29) is 12.3 Å². The molecule has 1 aliphatic heterocycles. The smallest absolute Gasteiger partial charge is 0.303 e. The molecule has 0 saturated heterocycles. The predicted octanol–water partition coefficient (Wildman–Crippen LogP) is 3.98. The first-order chi connectivity index (χ1) is 10.6. The number of hydrogen-bond acceptors (Lipinski definition) is 3. The highest BCUT2D eigenvalue weighted by atomic mass is 16.4. The van der Waals surface area contributed by atoms with Crippen LogP contribution in [0.1, 0.15) is 71.6 Å². The molecule has 22 heavy (non-hydrogen) atoms. The van der Waals surface area contributed by atoms with Crippen molar-refractivity contribution in [3.05, 3.63) is 12.2 Å². The molecule has 4 nitrogen and oxygen atoms in total. The van der Waals surface area contributed by atoms with Gasteiger partial charge in [-0.15, -0.1) is 0 Å². The average Bonchev–Trinajstić information content (AvgIpc) is 2.97. The first-order valence-electron chi connectivity index (χ1n) is 8.68. The first kappa shape index (κ1) is 18.9. The van der Waals surface area contributed by atoms with E-state index >= 15 is 0 Å². The molecular formula is C18H31NO3. The number of aliphatic hydroxyl groups is 1. The molecule has 1 rings (SSSR count). The Balaban J connectivity index is 2.56. The Morgan fingerprint density at radius 1 is 1.23 bits per heavy atom. The van der Waals surface area contributed by atoms with Gasteiger partial charge in [0.05, 0.1) is 6.10 Å². The van der Waals surface area contributed by atoms with E-state index in [0.717, 1.165) is 44.9 Å². The van der Waals surface area contributed by atoms with Crippen LogP contribution in [0.2, 0.25) is 0 Å².